The van der Waals surface area contributed by atoms with Gasteiger partial charge in [-0.2, -0.15) is 0 Å². The first-order valence-electron chi connectivity index (χ1n) is 4.84. The maximum atomic E-state index is 11.7. The summed E-state index contributed by atoms with van der Waals surface area (Å²) in [6.45, 7) is 1.79. The lowest BCUT2D eigenvalue weighted by Crippen LogP contribution is -2.25. The summed E-state index contributed by atoms with van der Waals surface area (Å²) in [6.07, 6.45) is 0.340. The van der Waals surface area contributed by atoms with Crippen molar-refractivity contribution >= 4 is 17.6 Å². The van der Waals surface area contributed by atoms with E-state index in [1.807, 2.05) is 0 Å². The molecule has 16 heavy (non-hydrogen) atoms. The van der Waals surface area contributed by atoms with Gasteiger partial charge in [0.1, 0.15) is 22.4 Å². The van der Waals surface area contributed by atoms with Crippen LogP contribution < -0.4 is 4.74 Å². The lowest BCUT2D eigenvalue weighted by atomic mass is 9.98. The SMILES string of the molecule is COc1c(Cl)c(O)cc2c1C(=O)O[C@H](C)C2. The van der Waals surface area contributed by atoms with Gasteiger partial charge in [0, 0.05) is 6.42 Å². The van der Waals surface area contributed by atoms with E-state index < -0.39 is 5.97 Å². The summed E-state index contributed by atoms with van der Waals surface area (Å²) < 4.78 is 10.1. The molecular weight excluding hydrogens is 232 g/mol. The number of halogens is 1. The van der Waals surface area contributed by atoms with Gasteiger partial charge in [-0.05, 0) is 18.6 Å². The number of hydrogen-bond acceptors (Lipinski definition) is 4. The molecule has 0 aromatic heterocycles. The minimum absolute atomic E-state index is 0.0350. The molecule has 0 bridgehead atoms. The van der Waals surface area contributed by atoms with Crippen LogP contribution in [0.5, 0.6) is 11.5 Å². The van der Waals surface area contributed by atoms with E-state index in [9.17, 15) is 9.90 Å². The van der Waals surface area contributed by atoms with Gasteiger partial charge in [0.25, 0.3) is 0 Å². The van der Waals surface area contributed by atoms with Gasteiger partial charge in [0.05, 0.1) is 7.11 Å². The number of cyclic esters (lactones) is 1. The average molecular weight is 243 g/mol. The highest BCUT2D eigenvalue weighted by molar-refractivity contribution is 6.34. The van der Waals surface area contributed by atoms with Gasteiger partial charge < -0.3 is 14.6 Å². The van der Waals surface area contributed by atoms with Crippen molar-refractivity contribution in [3.63, 3.8) is 0 Å². The maximum Gasteiger partial charge on any atom is 0.342 e. The first-order chi connectivity index (χ1) is 7.54. The summed E-state index contributed by atoms with van der Waals surface area (Å²) >= 11 is 5.85. The van der Waals surface area contributed by atoms with E-state index >= 15 is 0 Å². The molecule has 1 aliphatic heterocycles. The minimum Gasteiger partial charge on any atom is -0.506 e. The smallest absolute Gasteiger partial charge is 0.342 e. The van der Waals surface area contributed by atoms with Crippen molar-refractivity contribution in [3.05, 3.63) is 22.2 Å². The minimum atomic E-state index is -0.465. The number of esters is 1. The van der Waals surface area contributed by atoms with Gasteiger partial charge in [-0.3, -0.25) is 0 Å². The molecule has 86 valence electrons. The molecule has 1 aromatic rings. The summed E-state index contributed by atoms with van der Waals surface area (Å²) in [5.41, 5.74) is 1.01. The fourth-order valence-electron chi connectivity index (χ4n) is 1.84. The second kappa shape index (κ2) is 3.87. The molecule has 0 saturated heterocycles. The van der Waals surface area contributed by atoms with Gasteiger partial charge in [-0.15, -0.1) is 0 Å². The lowest BCUT2D eigenvalue weighted by molar-refractivity contribution is 0.0296. The summed E-state index contributed by atoms with van der Waals surface area (Å²) in [4.78, 5) is 11.7. The van der Waals surface area contributed by atoms with Gasteiger partial charge >= 0.3 is 5.97 Å². The zero-order valence-corrected chi connectivity index (χ0v) is 9.67. The van der Waals surface area contributed by atoms with Gasteiger partial charge in [-0.25, -0.2) is 4.79 Å². The number of benzene rings is 1. The number of ether oxygens (including phenoxy) is 2. The largest absolute Gasteiger partial charge is 0.506 e. The van der Waals surface area contributed by atoms with Crippen LogP contribution in [0, 0.1) is 0 Å². The second-order valence-corrected chi connectivity index (χ2v) is 4.08. The molecule has 0 saturated carbocycles. The van der Waals surface area contributed by atoms with E-state index in [1.54, 1.807) is 6.92 Å². The molecule has 0 aliphatic carbocycles. The molecule has 4 nitrogen and oxygen atoms in total. The number of methoxy groups -OCH3 is 1. The monoisotopic (exact) mass is 242 g/mol. The molecule has 1 N–H and O–H groups in total. The average Bonchev–Trinajstić information content (AvgIpc) is 2.20. The Hall–Kier alpha value is -1.42. The Morgan fingerprint density at radius 3 is 2.94 bits per heavy atom. The third-order valence-electron chi connectivity index (χ3n) is 2.51. The Labute approximate surface area is 97.7 Å². The Morgan fingerprint density at radius 1 is 1.62 bits per heavy atom. The summed E-state index contributed by atoms with van der Waals surface area (Å²) in [6, 6.07) is 1.48. The molecule has 0 spiro atoms. The predicted octanol–water partition coefficient (Wildman–Crippen LogP) is 2.16. The number of rotatable bonds is 1. The second-order valence-electron chi connectivity index (χ2n) is 3.70. The number of phenols is 1. The van der Waals surface area contributed by atoms with Crippen LogP contribution in [0.2, 0.25) is 5.02 Å². The van der Waals surface area contributed by atoms with E-state index in [0.717, 1.165) is 0 Å². The molecular formula is C11H11ClO4. The molecule has 5 heteroatoms. The normalized spacial score (nSPS) is 18.9. The van der Waals surface area contributed by atoms with Crippen molar-refractivity contribution in [1.29, 1.82) is 0 Å². The third-order valence-corrected chi connectivity index (χ3v) is 2.87. The molecule has 1 atom stereocenters. The van der Waals surface area contributed by atoms with Crippen molar-refractivity contribution < 1.29 is 19.4 Å². The Balaban J connectivity index is 2.67. The quantitative estimate of drug-likeness (QED) is 0.767. The van der Waals surface area contributed by atoms with Crippen molar-refractivity contribution in [2.45, 2.75) is 19.4 Å². The summed E-state index contributed by atoms with van der Waals surface area (Å²) in [5, 5.41) is 9.63. The number of aromatic hydroxyl groups is 1. The van der Waals surface area contributed by atoms with Crippen molar-refractivity contribution in [3.8, 4) is 11.5 Å². The standard InChI is InChI=1S/C11H11ClO4/c1-5-3-6-4-7(13)9(12)10(15-2)8(6)11(14)16-5/h4-5,13H,3H2,1-2H3/t5-/m1/s1. The zero-order valence-electron chi connectivity index (χ0n) is 8.91. The van der Waals surface area contributed by atoms with Crippen LogP contribution in [0.15, 0.2) is 6.07 Å². The molecule has 1 aromatic carbocycles. The molecule has 0 unspecified atom stereocenters. The molecule has 0 amide bonds. The number of fused-ring (bicyclic) bond motifs is 1. The number of carbonyl (C=O) groups excluding carboxylic acids is 1. The highest BCUT2D eigenvalue weighted by Crippen LogP contribution is 2.41. The first-order valence-corrected chi connectivity index (χ1v) is 5.21. The van der Waals surface area contributed by atoms with Gasteiger partial charge in [0.2, 0.25) is 0 Å². The van der Waals surface area contributed by atoms with E-state index in [0.29, 0.717) is 17.5 Å². The van der Waals surface area contributed by atoms with Crippen LogP contribution in [-0.4, -0.2) is 24.3 Å². The zero-order chi connectivity index (χ0) is 11.9. The molecule has 0 radical (unpaired) electrons. The fraction of sp³-hybridized carbons (Fsp3) is 0.364. The fourth-order valence-corrected chi connectivity index (χ4v) is 2.07. The van der Waals surface area contributed by atoms with Crippen LogP contribution in [0.25, 0.3) is 0 Å². The third kappa shape index (κ3) is 1.59. The Kier molecular flexibility index (Phi) is 2.68. The molecule has 1 heterocycles. The highest BCUT2D eigenvalue weighted by atomic mass is 35.5. The highest BCUT2D eigenvalue weighted by Gasteiger charge is 2.30. The van der Waals surface area contributed by atoms with Gasteiger partial charge in [0.15, 0.2) is 5.75 Å². The topological polar surface area (TPSA) is 55.8 Å². The Morgan fingerprint density at radius 2 is 2.31 bits per heavy atom. The van der Waals surface area contributed by atoms with Crippen molar-refractivity contribution in [2.24, 2.45) is 0 Å². The number of hydrogen-bond donors (Lipinski definition) is 1. The predicted molar refractivity (Wildman–Crippen MR) is 58.3 cm³/mol. The van der Waals surface area contributed by atoms with E-state index in [2.05, 4.69) is 0 Å². The first kappa shape index (κ1) is 11.1. The van der Waals surface area contributed by atoms with Crippen LogP contribution in [-0.2, 0) is 11.2 Å². The van der Waals surface area contributed by atoms with Crippen LogP contribution in [0.4, 0.5) is 0 Å². The van der Waals surface area contributed by atoms with Crippen LogP contribution >= 0.6 is 11.6 Å². The van der Waals surface area contributed by atoms with E-state index in [4.69, 9.17) is 21.1 Å². The summed E-state index contributed by atoms with van der Waals surface area (Å²) in [7, 11) is 1.40. The van der Waals surface area contributed by atoms with E-state index in [-0.39, 0.29) is 22.6 Å². The van der Waals surface area contributed by atoms with Gasteiger partial charge in [-0.1, -0.05) is 11.6 Å². The summed E-state index contributed by atoms with van der Waals surface area (Å²) in [5.74, 6) is -0.375. The van der Waals surface area contributed by atoms with Crippen molar-refractivity contribution in [1.82, 2.24) is 0 Å². The van der Waals surface area contributed by atoms with E-state index in [1.165, 1.54) is 13.2 Å². The molecule has 2 rings (SSSR count). The molecule has 0 fully saturated rings. The molecule has 1 aliphatic rings. The number of carbonyl (C=O) groups is 1. The van der Waals surface area contributed by atoms with Crippen LogP contribution in [0.3, 0.4) is 0 Å². The van der Waals surface area contributed by atoms with Crippen molar-refractivity contribution in [2.75, 3.05) is 7.11 Å². The van der Waals surface area contributed by atoms with Crippen LogP contribution in [0.1, 0.15) is 22.8 Å². The maximum absolute atomic E-state index is 11.7. The lowest BCUT2D eigenvalue weighted by Gasteiger charge is -2.24. The number of phenolic OH excluding ortho intramolecular Hbond substituents is 1. The Bertz CT molecular complexity index is 456.